The standard InChI is InChI=1S/C8H9BrN2O3S/c1-4(7(12)13)15-8-10-3-5(9)6(11-8)14-2/h3-4H,1-2H3,(H,12,13). The lowest BCUT2D eigenvalue weighted by Crippen LogP contribution is -2.12. The van der Waals surface area contributed by atoms with Crippen LogP contribution in [-0.4, -0.2) is 33.4 Å². The van der Waals surface area contributed by atoms with Crippen molar-refractivity contribution in [3.05, 3.63) is 10.7 Å². The minimum atomic E-state index is -0.898. The number of aromatic nitrogens is 2. The highest BCUT2D eigenvalue weighted by Crippen LogP contribution is 2.26. The lowest BCUT2D eigenvalue weighted by molar-refractivity contribution is -0.136. The Balaban J connectivity index is 2.83. The van der Waals surface area contributed by atoms with Gasteiger partial charge in [0.05, 0.1) is 11.6 Å². The SMILES string of the molecule is COc1nc(SC(C)C(=O)O)ncc1Br. The smallest absolute Gasteiger partial charge is 0.316 e. The van der Waals surface area contributed by atoms with Crippen molar-refractivity contribution in [2.75, 3.05) is 7.11 Å². The monoisotopic (exact) mass is 292 g/mol. The number of carbonyl (C=O) groups is 1. The normalized spacial score (nSPS) is 12.2. The topological polar surface area (TPSA) is 72.3 Å². The van der Waals surface area contributed by atoms with E-state index >= 15 is 0 Å². The highest BCUT2D eigenvalue weighted by Gasteiger charge is 2.15. The molecular formula is C8H9BrN2O3S. The van der Waals surface area contributed by atoms with Crippen LogP contribution in [0.25, 0.3) is 0 Å². The zero-order valence-electron chi connectivity index (χ0n) is 8.10. The number of halogens is 1. The summed E-state index contributed by atoms with van der Waals surface area (Å²) in [5, 5.41) is 8.50. The number of aliphatic carboxylic acids is 1. The second kappa shape index (κ2) is 5.32. The number of carboxylic acid groups (broad SMARTS) is 1. The first-order chi connectivity index (χ1) is 7.04. The number of ether oxygens (including phenoxy) is 1. The molecule has 1 atom stereocenters. The quantitative estimate of drug-likeness (QED) is 0.674. The average molecular weight is 293 g/mol. The Labute approximate surface area is 99.4 Å². The number of methoxy groups -OCH3 is 1. The van der Waals surface area contributed by atoms with Gasteiger partial charge in [-0.2, -0.15) is 4.98 Å². The third-order valence-electron chi connectivity index (χ3n) is 1.51. The molecule has 1 aromatic rings. The number of hydrogen-bond acceptors (Lipinski definition) is 5. The van der Waals surface area contributed by atoms with Crippen LogP contribution in [0.2, 0.25) is 0 Å². The van der Waals surface area contributed by atoms with Crippen molar-refractivity contribution in [1.82, 2.24) is 9.97 Å². The van der Waals surface area contributed by atoms with Crippen LogP contribution in [0.4, 0.5) is 0 Å². The summed E-state index contributed by atoms with van der Waals surface area (Å²) >= 11 is 4.28. The van der Waals surface area contributed by atoms with E-state index in [1.165, 1.54) is 13.3 Å². The first-order valence-corrected chi connectivity index (χ1v) is 5.68. The minimum absolute atomic E-state index is 0.380. The van der Waals surface area contributed by atoms with Gasteiger partial charge in [0.1, 0.15) is 5.25 Å². The molecule has 0 saturated carbocycles. The summed E-state index contributed by atoms with van der Waals surface area (Å²) in [6, 6.07) is 0. The first kappa shape index (κ1) is 12.3. The van der Waals surface area contributed by atoms with Crippen LogP contribution in [0.5, 0.6) is 5.88 Å². The summed E-state index contributed by atoms with van der Waals surface area (Å²) in [5.74, 6) is -0.504. The second-order valence-corrected chi connectivity index (χ2v) is 4.77. The van der Waals surface area contributed by atoms with Crippen molar-refractivity contribution in [3.63, 3.8) is 0 Å². The van der Waals surface area contributed by atoms with Crippen LogP contribution >= 0.6 is 27.7 Å². The van der Waals surface area contributed by atoms with E-state index in [0.717, 1.165) is 11.8 Å². The fraction of sp³-hybridized carbons (Fsp3) is 0.375. The minimum Gasteiger partial charge on any atom is -0.480 e. The van der Waals surface area contributed by atoms with Crippen LogP contribution < -0.4 is 4.74 Å². The summed E-state index contributed by atoms with van der Waals surface area (Å²) in [6.45, 7) is 1.57. The van der Waals surface area contributed by atoms with Gasteiger partial charge in [-0.1, -0.05) is 11.8 Å². The molecular weight excluding hydrogens is 284 g/mol. The fourth-order valence-electron chi connectivity index (χ4n) is 0.745. The van der Waals surface area contributed by atoms with Crippen molar-refractivity contribution >= 4 is 33.7 Å². The van der Waals surface area contributed by atoms with Gasteiger partial charge in [0, 0.05) is 6.20 Å². The molecule has 0 saturated heterocycles. The molecule has 1 unspecified atom stereocenters. The zero-order valence-corrected chi connectivity index (χ0v) is 10.5. The van der Waals surface area contributed by atoms with Gasteiger partial charge in [-0.25, -0.2) is 4.98 Å². The summed E-state index contributed by atoms with van der Waals surface area (Å²) in [4.78, 5) is 18.6. The van der Waals surface area contributed by atoms with E-state index in [4.69, 9.17) is 9.84 Å². The molecule has 0 aliphatic rings. The Morgan fingerprint density at radius 3 is 2.93 bits per heavy atom. The Bertz CT molecular complexity index is 375. The summed E-state index contributed by atoms with van der Waals surface area (Å²) < 4.78 is 5.61. The van der Waals surface area contributed by atoms with Gasteiger partial charge in [-0.15, -0.1) is 0 Å². The molecule has 0 spiro atoms. The van der Waals surface area contributed by atoms with Crippen molar-refractivity contribution in [2.24, 2.45) is 0 Å². The second-order valence-electron chi connectivity index (χ2n) is 2.61. The summed E-state index contributed by atoms with van der Waals surface area (Å²) in [6.07, 6.45) is 1.53. The molecule has 82 valence electrons. The molecule has 0 amide bonds. The van der Waals surface area contributed by atoms with Crippen LogP contribution in [0, 0.1) is 0 Å². The van der Waals surface area contributed by atoms with Crippen molar-refractivity contribution in [3.8, 4) is 5.88 Å². The van der Waals surface area contributed by atoms with Gasteiger partial charge < -0.3 is 9.84 Å². The Hall–Kier alpha value is -0.820. The maximum atomic E-state index is 10.6. The number of thioether (sulfide) groups is 1. The summed E-state index contributed by atoms with van der Waals surface area (Å²) in [5.41, 5.74) is 0. The van der Waals surface area contributed by atoms with Crippen LogP contribution in [-0.2, 0) is 4.79 Å². The average Bonchev–Trinajstić information content (AvgIpc) is 2.20. The Morgan fingerprint density at radius 1 is 1.73 bits per heavy atom. The molecule has 0 aliphatic heterocycles. The predicted molar refractivity (Wildman–Crippen MR) is 59.2 cm³/mol. The largest absolute Gasteiger partial charge is 0.480 e. The van der Waals surface area contributed by atoms with Gasteiger partial charge >= 0.3 is 5.97 Å². The molecule has 7 heteroatoms. The number of hydrogen-bond donors (Lipinski definition) is 1. The molecule has 1 heterocycles. The number of carboxylic acids is 1. The Morgan fingerprint density at radius 2 is 2.40 bits per heavy atom. The van der Waals surface area contributed by atoms with Crippen molar-refractivity contribution in [2.45, 2.75) is 17.3 Å². The molecule has 1 N–H and O–H groups in total. The molecule has 5 nitrogen and oxygen atoms in total. The van der Waals surface area contributed by atoms with Gasteiger partial charge in [-0.3, -0.25) is 4.79 Å². The van der Waals surface area contributed by atoms with Crippen molar-refractivity contribution < 1.29 is 14.6 Å². The molecule has 1 rings (SSSR count). The molecule has 0 radical (unpaired) electrons. The van der Waals surface area contributed by atoms with E-state index in [2.05, 4.69) is 25.9 Å². The van der Waals surface area contributed by atoms with Crippen molar-refractivity contribution in [1.29, 1.82) is 0 Å². The molecule has 0 bridgehead atoms. The van der Waals surface area contributed by atoms with Crippen LogP contribution in [0.1, 0.15) is 6.92 Å². The van der Waals surface area contributed by atoms with E-state index in [-0.39, 0.29) is 0 Å². The highest BCUT2D eigenvalue weighted by atomic mass is 79.9. The van der Waals surface area contributed by atoms with Gasteiger partial charge in [0.25, 0.3) is 0 Å². The molecule has 15 heavy (non-hydrogen) atoms. The number of nitrogens with zero attached hydrogens (tertiary/aromatic N) is 2. The van der Waals surface area contributed by atoms with Gasteiger partial charge in [0.2, 0.25) is 5.88 Å². The zero-order chi connectivity index (χ0) is 11.4. The van der Waals surface area contributed by atoms with Crippen LogP contribution in [0.15, 0.2) is 15.8 Å². The first-order valence-electron chi connectivity index (χ1n) is 4.00. The molecule has 1 aromatic heterocycles. The van der Waals surface area contributed by atoms with Gasteiger partial charge in [0.15, 0.2) is 5.16 Å². The van der Waals surface area contributed by atoms with E-state index in [1.54, 1.807) is 6.92 Å². The molecule has 0 aliphatic carbocycles. The number of rotatable bonds is 4. The molecule has 0 fully saturated rings. The van der Waals surface area contributed by atoms with E-state index < -0.39 is 11.2 Å². The maximum absolute atomic E-state index is 10.6. The van der Waals surface area contributed by atoms with Gasteiger partial charge in [-0.05, 0) is 22.9 Å². The lowest BCUT2D eigenvalue weighted by atomic mass is 10.5. The van der Waals surface area contributed by atoms with E-state index in [1.807, 2.05) is 0 Å². The summed E-state index contributed by atoms with van der Waals surface area (Å²) in [7, 11) is 1.49. The Kier molecular flexibility index (Phi) is 4.34. The van der Waals surface area contributed by atoms with E-state index in [9.17, 15) is 4.79 Å². The third-order valence-corrected chi connectivity index (χ3v) is 3.02. The fourth-order valence-corrected chi connectivity index (χ4v) is 1.76. The molecule has 0 aromatic carbocycles. The predicted octanol–water partition coefficient (Wildman–Crippen LogP) is 1.81. The third kappa shape index (κ3) is 3.35. The van der Waals surface area contributed by atoms with E-state index in [0.29, 0.717) is 15.5 Å². The maximum Gasteiger partial charge on any atom is 0.316 e. The highest BCUT2D eigenvalue weighted by molar-refractivity contribution is 9.10. The lowest BCUT2D eigenvalue weighted by Gasteiger charge is -2.06. The van der Waals surface area contributed by atoms with Crippen LogP contribution in [0.3, 0.4) is 0 Å².